The van der Waals surface area contributed by atoms with Crippen LogP contribution in [0.4, 0.5) is 4.79 Å². The lowest BCUT2D eigenvalue weighted by molar-refractivity contribution is -0.143. The Kier molecular flexibility index (Phi) is 6.35. The molecule has 2 rings (SSSR count). The van der Waals surface area contributed by atoms with Gasteiger partial charge in [0, 0.05) is 23.5 Å². The first-order valence-electron chi connectivity index (χ1n) is 8.47. The fourth-order valence-corrected chi connectivity index (χ4v) is 2.55. The molecule has 0 saturated carbocycles. The van der Waals surface area contributed by atoms with E-state index in [-0.39, 0.29) is 13.0 Å². The molecule has 1 aromatic carbocycles. The van der Waals surface area contributed by atoms with Crippen molar-refractivity contribution in [2.75, 3.05) is 13.7 Å². The lowest BCUT2D eigenvalue weighted by Crippen LogP contribution is -2.45. The van der Waals surface area contributed by atoms with Crippen molar-refractivity contribution in [3.8, 4) is 18.1 Å². The number of hydrogen-bond donors (Lipinski definition) is 2. The third-order valence-corrected chi connectivity index (χ3v) is 3.66. The molecule has 7 heteroatoms. The molecule has 27 heavy (non-hydrogen) atoms. The maximum atomic E-state index is 12.1. The number of carbonyl (C=O) groups excluding carboxylic acids is 2. The van der Waals surface area contributed by atoms with E-state index in [2.05, 4.69) is 16.2 Å². The number of amides is 1. The van der Waals surface area contributed by atoms with E-state index in [0.717, 1.165) is 16.5 Å². The first-order valence-corrected chi connectivity index (χ1v) is 8.47. The van der Waals surface area contributed by atoms with Crippen LogP contribution >= 0.6 is 0 Å². The van der Waals surface area contributed by atoms with Crippen molar-refractivity contribution < 1.29 is 23.8 Å². The fraction of sp³-hybridized carbons (Fsp3) is 0.400. The Hall–Kier alpha value is -3.14. The largest absolute Gasteiger partial charge is 0.481 e. The average Bonchev–Trinajstić information content (AvgIpc) is 2.99. The van der Waals surface area contributed by atoms with Crippen LogP contribution in [0.5, 0.6) is 5.75 Å². The topological polar surface area (TPSA) is 89.6 Å². The summed E-state index contributed by atoms with van der Waals surface area (Å²) >= 11 is 0. The minimum Gasteiger partial charge on any atom is -0.481 e. The molecule has 0 radical (unpaired) electrons. The van der Waals surface area contributed by atoms with Crippen LogP contribution in [0.15, 0.2) is 24.4 Å². The van der Waals surface area contributed by atoms with Crippen LogP contribution in [0.3, 0.4) is 0 Å². The van der Waals surface area contributed by atoms with Crippen molar-refractivity contribution in [1.29, 1.82) is 0 Å². The number of aromatic nitrogens is 1. The molecule has 1 heterocycles. The highest BCUT2D eigenvalue weighted by atomic mass is 16.6. The van der Waals surface area contributed by atoms with Gasteiger partial charge in [-0.15, -0.1) is 6.42 Å². The first-order chi connectivity index (χ1) is 12.7. The van der Waals surface area contributed by atoms with Gasteiger partial charge in [0.15, 0.2) is 0 Å². The van der Waals surface area contributed by atoms with Gasteiger partial charge in [-0.1, -0.05) is 5.92 Å². The molecule has 144 valence electrons. The number of aromatic amines is 1. The van der Waals surface area contributed by atoms with E-state index < -0.39 is 23.7 Å². The van der Waals surface area contributed by atoms with E-state index in [0.29, 0.717) is 5.75 Å². The van der Waals surface area contributed by atoms with Gasteiger partial charge < -0.3 is 24.5 Å². The summed E-state index contributed by atoms with van der Waals surface area (Å²) in [5.41, 5.74) is 1.02. The van der Waals surface area contributed by atoms with Crippen LogP contribution < -0.4 is 10.1 Å². The van der Waals surface area contributed by atoms with Gasteiger partial charge in [0.1, 0.15) is 24.0 Å². The van der Waals surface area contributed by atoms with E-state index in [1.54, 1.807) is 33.0 Å². The summed E-state index contributed by atoms with van der Waals surface area (Å²) < 4.78 is 15.5. The summed E-state index contributed by atoms with van der Waals surface area (Å²) in [6, 6.07) is 4.61. The molecular formula is C20H24N2O5. The molecular weight excluding hydrogens is 348 g/mol. The Morgan fingerprint density at radius 1 is 1.33 bits per heavy atom. The van der Waals surface area contributed by atoms with Gasteiger partial charge in [0.05, 0.1) is 7.11 Å². The minimum atomic E-state index is -0.890. The maximum absolute atomic E-state index is 12.1. The Bertz CT molecular complexity index is 857. The minimum absolute atomic E-state index is 0.163. The highest BCUT2D eigenvalue weighted by molar-refractivity contribution is 5.87. The molecule has 0 aliphatic carbocycles. The second kappa shape index (κ2) is 8.49. The van der Waals surface area contributed by atoms with Crippen molar-refractivity contribution in [1.82, 2.24) is 10.3 Å². The fourth-order valence-electron chi connectivity index (χ4n) is 2.55. The summed E-state index contributed by atoms with van der Waals surface area (Å²) in [6.07, 6.45) is 6.54. The summed E-state index contributed by atoms with van der Waals surface area (Å²) in [7, 11) is 1.27. The normalized spacial score (nSPS) is 12.1. The quantitative estimate of drug-likeness (QED) is 0.601. The molecule has 0 aliphatic rings. The molecule has 0 saturated heterocycles. The molecule has 0 spiro atoms. The van der Waals surface area contributed by atoms with E-state index in [4.69, 9.17) is 20.6 Å². The lowest BCUT2D eigenvalue weighted by atomic mass is 10.0. The first kappa shape index (κ1) is 20.2. The number of nitrogens with one attached hydrogen (secondary N) is 2. The van der Waals surface area contributed by atoms with Crippen molar-refractivity contribution in [3.05, 3.63) is 30.0 Å². The second-order valence-electron chi connectivity index (χ2n) is 6.94. The van der Waals surface area contributed by atoms with E-state index in [1.807, 2.05) is 12.1 Å². The lowest BCUT2D eigenvalue weighted by Gasteiger charge is -2.22. The van der Waals surface area contributed by atoms with Gasteiger partial charge >= 0.3 is 12.1 Å². The van der Waals surface area contributed by atoms with Crippen LogP contribution in [-0.4, -0.2) is 42.4 Å². The zero-order chi connectivity index (χ0) is 20.0. The molecule has 2 N–H and O–H groups in total. The monoisotopic (exact) mass is 372 g/mol. The maximum Gasteiger partial charge on any atom is 0.408 e. The molecule has 0 unspecified atom stereocenters. The van der Waals surface area contributed by atoms with E-state index in [1.165, 1.54) is 7.11 Å². The molecule has 0 fully saturated rings. The number of hydrogen-bond acceptors (Lipinski definition) is 5. The zero-order valence-electron chi connectivity index (χ0n) is 15.9. The van der Waals surface area contributed by atoms with Gasteiger partial charge in [-0.05, 0) is 44.5 Å². The van der Waals surface area contributed by atoms with Gasteiger partial charge in [-0.3, -0.25) is 0 Å². The molecule has 0 aliphatic heterocycles. The van der Waals surface area contributed by atoms with Crippen molar-refractivity contribution >= 4 is 23.0 Å². The third-order valence-electron chi connectivity index (χ3n) is 3.66. The smallest absolute Gasteiger partial charge is 0.408 e. The summed E-state index contributed by atoms with van der Waals surface area (Å²) in [5, 5.41) is 3.43. The van der Waals surface area contributed by atoms with Crippen LogP contribution in [-0.2, 0) is 20.7 Å². The molecule has 2 aromatic rings. The van der Waals surface area contributed by atoms with Crippen LogP contribution in [0, 0.1) is 12.3 Å². The van der Waals surface area contributed by atoms with Crippen molar-refractivity contribution in [2.24, 2.45) is 0 Å². The highest BCUT2D eigenvalue weighted by Gasteiger charge is 2.26. The second-order valence-corrected chi connectivity index (χ2v) is 6.94. The zero-order valence-corrected chi connectivity index (χ0v) is 15.9. The van der Waals surface area contributed by atoms with Gasteiger partial charge in [0.25, 0.3) is 0 Å². The Labute approximate surface area is 158 Å². The standard InChI is InChI=1S/C20H24N2O5/c1-6-9-26-14-7-8-16-15(11-14)13(12-21-16)10-17(18(23)25-5)22-19(24)27-20(2,3)4/h1,7-8,11-12,17,21H,9-10H2,2-5H3,(H,22,24)/t17-/m1/s1. The van der Waals surface area contributed by atoms with Crippen LogP contribution in [0.1, 0.15) is 26.3 Å². The Morgan fingerprint density at radius 2 is 2.07 bits per heavy atom. The molecule has 7 nitrogen and oxygen atoms in total. The summed E-state index contributed by atoms with van der Waals surface area (Å²) in [6.45, 7) is 5.40. The summed E-state index contributed by atoms with van der Waals surface area (Å²) in [5.74, 6) is 2.48. The number of alkyl carbamates (subject to hydrolysis) is 1. The van der Waals surface area contributed by atoms with Crippen molar-refractivity contribution in [2.45, 2.75) is 38.8 Å². The predicted octanol–water partition coefficient (Wildman–Crippen LogP) is 2.79. The highest BCUT2D eigenvalue weighted by Crippen LogP contribution is 2.25. The average molecular weight is 372 g/mol. The molecule has 1 atom stereocenters. The molecule has 0 bridgehead atoms. The van der Waals surface area contributed by atoms with E-state index in [9.17, 15) is 9.59 Å². The Balaban J connectivity index is 2.22. The number of carbonyl (C=O) groups is 2. The van der Waals surface area contributed by atoms with Crippen LogP contribution in [0.2, 0.25) is 0 Å². The predicted molar refractivity (Wildman–Crippen MR) is 102 cm³/mol. The van der Waals surface area contributed by atoms with Crippen molar-refractivity contribution in [3.63, 3.8) is 0 Å². The number of terminal acetylenes is 1. The molecule has 1 aromatic heterocycles. The van der Waals surface area contributed by atoms with Gasteiger partial charge in [0.2, 0.25) is 0 Å². The third kappa shape index (κ3) is 5.68. The number of fused-ring (bicyclic) bond motifs is 1. The van der Waals surface area contributed by atoms with Gasteiger partial charge in [-0.2, -0.15) is 0 Å². The summed E-state index contributed by atoms with van der Waals surface area (Å²) in [4.78, 5) is 27.3. The van der Waals surface area contributed by atoms with Crippen LogP contribution in [0.25, 0.3) is 10.9 Å². The number of esters is 1. The number of ether oxygens (including phenoxy) is 3. The molecule has 1 amide bonds. The van der Waals surface area contributed by atoms with Gasteiger partial charge in [-0.25, -0.2) is 9.59 Å². The number of methoxy groups -OCH3 is 1. The Morgan fingerprint density at radius 3 is 2.70 bits per heavy atom. The number of rotatable bonds is 6. The van der Waals surface area contributed by atoms with E-state index >= 15 is 0 Å². The number of H-pyrrole nitrogens is 1. The SMILES string of the molecule is C#CCOc1ccc2[nH]cc(C[C@@H](NC(=O)OC(C)(C)C)C(=O)OC)c2c1. The number of benzene rings is 1.